The molecule has 77 heavy (non-hydrogen) atoms. The van der Waals surface area contributed by atoms with E-state index in [2.05, 4.69) is 105 Å². The van der Waals surface area contributed by atoms with Gasteiger partial charge in [0.15, 0.2) is 6.10 Å². The van der Waals surface area contributed by atoms with Crippen LogP contribution in [0.1, 0.15) is 135 Å². The highest BCUT2D eigenvalue weighted by atomic mass is 35.5. The molecule has 4 saturated heterocycles. The van der Waals surface area contributed by atoms with Gasteiger partial charge in [-0.1, -0.05) is 17.7 Å². The molecule has 1 amide bonds. The number of rotatable bonds is 15. The van der Waals surface area contributed by atoms with Crippen molar-refractivity contribution in [3.8, 4) is 0 Å². The molecule has 8 rings (SSSR count). The van der Waals surface area contributed by atoms with Gasteiger partial charge in [-0.2, -0.15) is 0 Å². The Morgan fingerprint density at radius 1 is 0.610 bits per heavy atom. The lowest BCUT2D eigenvalue weighted by Crippen LogP contribution is -2.59. The molecule has 1 unspecified atom stereocenters. The highest BCUT2D eigenvalue weighted by Crippen LogP contribution is 2.31. The summed E-state index contributed by atoms with van der Waals surface area (Å²) in [6.45, 7) is 26.2. The number of aliphatic hydroxyl groups excluding tert-OH is 2. The van der Waals surface area contributed by atoms with E-state index in [1.54, 1.807) is 31.0 Å². The summed E-state index contributed by atoms with van der Waals surface area (Å²) < 4.78 is 13.1. The first kappa shape index (κ1) is 63.7. The summed E-state index contributed by atoms with van der Waals surface area (Å²) >= 11 is 6.10. The number of carbonyl (C=O) groups excluding carboxylic acids is 1. The number of aryl methyl sites for hydroxylation is 1. The zero-order valence-electron chi connectivity index (χ0n) is 47.6. The molecule has 428 valence electrons. The van der Waals surface area contributed by atoms with Crippen molar-refractivity contribution in [1.29, 1.82) is 0 Å². The van der Waals surface area contributed by atoms with Crippen molar-refractivity contribution < 1.29 is 34.7 Å². The second kappa shape index (κ2) is 29.9. The van der Waals surface area contributed by atoms with E-state index in [1.807, 2.05) is 37.3 Å². The molecule has 4 fully saturated rings. The van der Waals surface area contributed by atoms with E-state index < -0.39 is 41.0 Å². The van der Waals surface area contributed by atoms with Gasteiger partial charge in [-0.3, -0.25) is 29.7 Å². The standard InChI is InChI=1S/C17H27N3O3.C14H21ClN2O.C14H21FN2O.C14H23N3O/c1-13(2)20-9-6-17(7-10-20,19-16(23)15(22)12-21)11-14-5-3-4-8-18-14;1-11(2)17-8-5-14(18,6-9-17)10-13-12(15)4-3-7-16-13;1-11(2)17-5-3-14(18,4-6-17)8-12-7-13(15)10-16-9-12;1-11(2)17-6-4-14(18,5-7-17)8-13-10-15-12(3)9-16-13/h3-5,8,13,15,21-22H,6-7,9-12H2,1-2H3,(H,19,23);3-4,7,11,18H,5-6,8-10H2,1-2H3;7,9-11,18H,3-6,8H2,1-2H3;9-11,18H,4-8H2,1-3H3. The average molecular weight is 1090 g/mol. The van der Waals surface area contributed by atoms with Crippen LogP contribution in [0, 0.1) is 12.7 Å². The SMILES string of the molecule is CC(C)N1CCC(Cc2ccccn2)(NC(=O)C(O)CO)CC1.CC(C)N1CCC(O)(Cc2cncc(F)c2)CC1.CC(C)N1CCC(O)(Cc2ncccc2Cl)CC1.Cc1cnc(CC2(O)CCN(C(C)C)CC2)cn1. The molecule has 4 aromatic heterocycles. The van der Waals surface area contributed by atoms with Crippen LogP contribution in [0.2, 0.25) is 5.02 Å². The van der Waals surface area contributed by atoms with Gasteiger partial charge in [0, 0.05) is 144 Å². The third-order valence-corrected chi connectivity index (χ3v) is 16.3. The summed E-state index contributed by atoms with van der Waals surface area (Å²) in [6.07, 6.45) is 17.1. The van der Waals surface area contributed by atoms with E-state index in [0.717, 1.165) is 132 Å². The predicted molar refractivity (Wildman–Crippen MR) is 302 cm³/mol. The first-order chi connectivity index (χ1) is 36.4. The van der Waals surface area contributed by atoms with Gasteiger partial charge in [-0.05, 0) is 150 Å². The van der Waals surface area contributed by atoms with Gasteiger partial charge in [0.2, 0.25) is 0 Å². The highest BCUT2D eigenvalue weighted by molar-refractivity contribution is 6.31. The number of hydrogen-bond donors (Lipinski definition) is 6. The van der Waals surface area contributed by atoms with Gasteiger partial charge in [-0.15, -0.1) is 0 Å². The van der Waals surface area contributed by atoms with Crippen LogP contribution in [0.3, 0.4) is 0 Å². The molecule has 0 saturated carbocycles. The Morgan fingerprint density at radius 2 is 1.10 bits per heavy atom. The molecule has 16 nitrogen and oxygen atoms in total. The van der Waals surface area contributed by atoms with Crippen LogP contribution in [-0.4, -0.2) is 188 Å². The molecule has 4 aromatic rings. The predicted octanol–water partition coefficient (Wildman–Crippen LogP) is 6.41. The maximum absolute atomic E-state index is 13.1. The topological polar surface area (TPSA) is 208 Å². The minimum Gasteiger partial charge on any atom is -0.393 e. The molecule has 4 aliphatic heterocycles. The second-order valence-corrected chi connectivity index (χ2v) is 23.7. The van der Waals surface area contributed by atoms with E-state index in [0.29, 0.717) is 54.9 Å². The summed E-state index contributed by atoms with van der Waals surface area (Å²) in [5.74, 6) is -0.850. The van der Waals surface area contributed by atoms with E-state index in [9.17, 15) is 29.6 Å². The van der Waals surface area contributed by atoms with Crippen LogP contribution in [-0.2, 0) is 30.5 Å². The zero-order chi connectivity index (χ0) is 56.4. The lowest BCUT2D eigenvalue weighted by atomic mass is 9.82. The molecule has 18 heteroatoms. The number of amides is 1. The van der Waals surface area contributed by atoms with Crippen molar-refractivity contribution in [1.82, 2.24) is 49.8 Å². The molecular weight excluding hydrogens is 999 g/mol. The summed E-state index contributed by atoms with van der Waals surface area (Å²) in [5, 5.41) is 54.0. The Hall–Kier alpha value is -4.14. The van der Waals surface area contributed by atoms with E-state index in [-0.39, 0.29) is 5.82 Å². The quantitative estimate of drug-likeness (QED) is 0.0761. The minimum atomic E-state index is -1.38. The maximum Gasteiger partial charge on any atom is 0.251 e. The van der Waals surface area contributed by atoms with Crippen molar-refractivity contribution in [3.63, 3.8) is 0 Å². The highest BCUT2D eigenvalue weighted by Gasteiger charge is 2.39. The van der Waals surface area contributed by atoms with Gasteiger partial charge in [0.25, 0.3) is 5.91 Å². The lowest BCUT2D eigenvalue weighted by molar-refractivity contribution is -0.134. The number of aliphatic hydroxyl groups is 5. The summed E-state index contributed by atoms with van der Waals surface area (Å²) in [5.41, 5.74) is 1.92. The number of aromatic nitrogens is 5. The van der Waals surface area contributed by atoms with Crippen molar-refractivity contribution in [2.45, 2.75) is 192 Å². The van der Waals surface area contributed by atoms with Crippen molar-refractivity contribution in [2.24, 2.45) is 0 Å². The number of piperidine rings is 4. The molecule has 4 aliphatic rings. The largest absolute Gasteiger partial charge is 0.393 e. The van der Waals surface area contributed by atoms with Crippen LogP contribution in [0.25, 0.3) is 0 Å². The van der Waals surface area contributed by atoms with Gasteiger partial charge in [0.1, 0.15) is 5.82 Å². The minimum absolute atomic E-state index is 0.337. The van der Waals surface area contributed by atoms with Crippen molar-refractivity contribution in [3.05, 3.63) is 113 Å². The van der Waals surface area contributed by atoms with Crippen LogP contribution < -0.4 is 5.32 Å². The molecule has 0 aliphatic carbocycles. The first-order valence-corrected chi connectivity index (χ1v) is 28.4. The van der Waals surface area contributed by atoms with Crippen LogP contribution >= 0.6 is 11.6 Å². The summed E-state index contributed by atoms with van der Waals surface area (Å²) in [7, 11) is 0. The fraction of sp³-hybridized carbons (Fsp3) is 0.661. The number of likely N-dealkylation sites (tertiary alicyclic amines) is 4. The van der Waals surface area contributed by atoms with Gasteiger partial charge in [-0.25, -0.2) is 4.39 Å². The number of nitrogens with zero attached hydrogens (tertiary/aromatic N) is 9. The number of carbonyl (C=O) groups is 1. The van der Waals surface area contributed by atoms with Gasteiger partial charge < -0.3 is 50.4 Å². The smallest absolute Gasteiger partial charge is 0.251 e. The number of pyridine rings is 3. The number of nitrogens with one attached hydrogen (secondary N) is 1. The third-order valence-electron chi connectivity index (χ3n) is 15.9. The molecule has 0 radical (unpaired) electrons. The fourth-order valence-corrected chi connectivity index (χ4v) is 10.8. The van der Waals surface area contributed by atoms with E-state index in [1.165, 1.54) is 12.3 Å². The molecule has 0 aromatic carbocycles. The van der Waals surface area contributed by atoms with E-state index >= 15 is 0 Å². The van der Waals surface area contributed by atoms with Crippen molar-refractivity contribution >= 4 is 17.5 Å². The monoisotopic (exact) mass is 1090 g/mol. The second-order valence-electron chi connectivity index (χ2n) is 23.3. The molecule has 6 N–H and O–H groups in total. The van der Waals surface area contributed by atoms with Gasteiger partial charge >= 0.3 is 0 Å². The molecular formula is C59H92ClFN10O6. The lowest BCUT2D eigenvalue weighted by Gasteiger charge is -2.44. The Morgan fingerprint density at radius 3 is 1.55 bits per heavy atom. The Balaban J connectivity index is 0.000000190. The maximum atomic E-state index is 13.1. The first-order valence-electron chi connectivity index (χ1n) is 28.0. The van der Waals surface area contributed by atoms with Gasteiger partial charge in [0.05, 0.1) is 51.7 Å². The van der Waals surface area contributed by atoms with Crippen LogP contribution in [0.15, 0.2) is 73.6 Å². The Bertz CT molecular complexity index is 2340. The van der Waals surface area contributed by atoms with E-state index in [4.69, 9.17) is 16.7 Å². The Kier molecular flexibility index (Phi) is 24.7. The fourth-order valence-electron chi connectivity index (χ4n) is 10.6. The molecule has 0 spiro atoms. The average Bonchev–Trinajstić information content (AvgIpc) is 3.38. The number of hydrogen-bond acceptors (Lipinski definition) is 15. The third kappa shape index (κ3) is 20.8. The molecule has 0 bridgehead atoms. The zero-order valence-corrected chi connectivity index (χ0v) is 48.3. The van der Waals surface area contributed by atoms with Crippen molar-refractivity contribution in [2.75, 3.05) is 59.0 Å². The molecule has 1 atom stereocenters. The Labute approximate surface area is 463 Å². The molecule has 8 heterocycles. The van der Waals surface area contributed by atoms with Crippen LogP contribution in [0.4, 0.5) is 4.39 Å². The number of halogens is 2. The summed E-state index contributed by atoms with van der Waals surface area (Å²) in [6, 6.07) is 13.0. The van der Waals surface area contributed by atoms with Crippen LogP contribution in [0.5, 0.6) is 0 Å². The normalized spacial score (nSPS) is 20.1. The summed E-state index contributed by atoms with van der Waals surface area (Å²) in [4.78, 5) is 42.7.